The van der Waals surface area contributed by atoms with Crippen molar-refractivity contribution in [1.82, 2.24) is 9.78 Å². The minimum absolute atomic E-state index is 0.592. The van der Waals surface area contributed by atoms with E-state index >= 15 is 0 Å². The van der Waals surface area contributed by atoms with Crippen molar-refractivity contribution in [1.29, 1.82) is 0 Å². The second-order valence-electron chi connectivity index (χ2n) is 3.66. The number of aromatic nitrogens is 2. The summed E-state index contributed by atoms with van der Waals surface area (Å²) in [6.45, 7) is 1.02. The number of benzene rings is 1. The van der Waals surface area contributed by atoms with Gasteiger partial charge in [-0.15, -0.1) is 0 Å². The van der Waals surface area contributed by atoms with Gasteiger partial charge in [-0.3, -0.25) is 4.68 Å². The third-order valence-corrected chi connectivity index (χ3v) is 3.08. The lowest BCUT2D eigenvalue weighted by Crippen LogP contribution is -1.92. The number of halogens is 1. The number of hydrogen-bond donors (Lipinski definition) is 1. The summed E-state index contributed by atoms with van der Waals surface area (Å²) >= 11 is 5.94. The average Bonchev–Trinajstić information content (AvgIpc) is 2.68. The Kier molecular flexibility index (Phi) is 1.53. The average molecular weight is 208 g/mol. The molecule has 0 bridgehead atoms. The van der Waals surface area contributed by atoms with E-state index in [2.05, 4.69) is 9.78 Å². The third-order valence-electron chi connectivity index (χ3n) is 2.75. The van der Waals surface area contributed by atoms with Crippen molar-refractivity contribution >= 4 is 28.2 Å². The van der Waals surface area contributed by atoms with E-state index in [-0.39, 0.29) is 0 Å². The molecule has 0 saturated heterocycles. The third kappa shape index (κ3) is 0.960. The number of nitrogen functional groups attached to an aromatic ring is 1. The molecule has 0 fully saturated rings. The molecule has 2 aromatic rings. The Balaban J connectivity index is 2.39. The monoisotopic (exact) mass is 207 g/mol. The van der Waals surface area contributed by atoms with E-state index in [4.69, 9.17) is 17.3 Å². The van der Waals surface area contributed by atoms with Crippen molar-refractivity contribution in [3.63, 3.8) is 0 Å². The van der Waals surface area contributed by atoms with Crippen LogP contribution < -0.4 is 5.73 Å². The predicted octanol–water partition coefficient (Wildman–Crippen LogP) is 2.22. The van der Waals surface area contributed by atoms with Gasteiger partial charge in [0.2, 0.25) is 0 Å². The van der Waals surface area contributed by atoms with Gasteiger partial charge in [-0.1, -0.05) is 11.6 Å². The highest BCUT2D eigenvalue weighted by Crippen LogP contribution is 2.30. The van der Waals surface area contributed by atoms with Gasteiger partial charge in [-0.2, -0.15) is 5.10 Å². The molecule has 0 atom stereocenters. The fraction of sp³-hybridized carbons (Fsp3) is 0.300. The van der Waals surface area contributed by atoms with Crippen LogP contribution in [0.1, 0.15) is 12.1 Å². The molecular formula is C10H10ClN3. The van der Waals surface area contributed by atoms with Gasteiger partial charge in [-0.05, 0) is 25.0 Å². The number of nitrogens with two attached hydrogens (primary N) is 1. The first kappa shape index (κ1) is 8.12. The maximum Gasteiger partial charge on any atom is 0.0942 e. The molecule has 3 nitrogen and oxygen atoms in total. The Hall–Kier alpha value is -1.22. The zero-order chi connectivity index (χ0) is 9.71. The smallest absolute Gasteiger partial charge is 0.0942 e. The van der Waals surface area contributed by atoms with Gasteiger partial charge in [0.1, 0.15) is 0 Å². The molecule has 0 aliphatic carbocycles. The fourth-order valence-electron chi connectivity index (χ4n) is 2.07. The zero-order valence-electron chi connectivity index (χ0n) is 7.63. The standard InChI is InChI=1S/C10H10ClN3/c11-7-5-9-6(4-8(7)12)10-2-1-3-14(10)13-9/h4-5H,1-3,12H2. The molecule has 0 spiro atoms. The second-order valence-corrected chi connectivity index (χ2v) is 4.07. The first-order valence-corrected chi connectivity index (χ1v) is 5.08. The molecule has 1 aromatic heterocycles. The minimum atomic E-state index is 0.592. The highest BCUT2D eigenvalue weighted by atomic mass is 35.5. The Labute approximate surface area is 86.5 Å². The summed E-state index contributed by atoms with van der Waals surface area (Å²) in [5.41, 5.74) is 8.66. The predicted molar refractivity (Wildman–Crippen MR) is 57.5 cm³/mol. The first-order valence-electron chi connectivity index (χ1n) is 4.70. The number of rotatable bonds is 0. The molecule has 72 valence electrons. The van der Waals surface area contributed by atoms with E-state index < -0.39 is 0 Å². The van der Waals surface area contributed by atoms with Gasteiger partial charge >= 0.3 is 0 Å². The van der Waals surface area contributed by atoms with Crippen LogP contribution in [-0.4, -0.2) is 9.78 Å². The van der Waals surface area contributed by atoms with Gasteiger partial charge in [0.15, 0.2) is 0 Å². The molecule has 2 N–H and O–H groups in total. The SMILES string of the molecule is Nc1cc2c3n(nc2cc1Cl)CCC3. The number of nitrogens with zero attached hydrogens (tertiary/aromatic N) is 2. The second kappa shape index (κ2) is 2.64. The normalized spacial score (nSPS) is 14.9. The molecule has 0 saturated carbocycles. The maximum absolute atomic E-state index is 5.94. The Morgan fingerprint density at radius 3 is 3.14 bits per heavy atom. The minimum Gasteiger partial charge on any atom is -0.398 e. The summed E-state index contributed by atoms with van der Waals surface area (Å²) in [5, 5.41) is 6.22. The molecule has 0 unspecified atom stereocenters. The zero-order valence-corrected chi connectivity index (χ0v) is 8.38. The number of aryl methyl sites for hydroxylation is 2. The van der Waals surface area contributed by atoms with E-state index in [0.29, 0.717) is 10.7 Å². The molecule has 2 heterocycles. The molecule has 4 heteroatoms. The van der Waals surface area contributed by atoms with Crippen LogP contribution >= 0.6 is 11.6 Å². The van der Waals surface area contributed by atoms with Crippen LogP contribution in [0.4, 0.5) is 5.69 Å². The lowest BCUT2D eigenvalue weighted by atomic mass is 10.1. The quantitative estimate of drug-likeness (QED) is 0.674. The summed E-state index contributed by atoms with van der Waals surface area (Å²) < 4.78 is 2.06. The number of fused-ring (bicyclic) bond motifs is 3. The van der Waals surface area contributed by atoms with Crippen LogP contribution in [0.3, 0.4) is 0 Å². The molecule has 0 amide bonds. The summed E-state index contributed by atoms with van der Waals surface area (Å²) in [5.74, 6) is 0. The molecule has 1 aliphatic rings. The summed E-state index contributed by atoms with van der Waals surface area (Å²) in [7, 11) is 0. The summed E-state index contributed by atoms with van der Waals surface area (Å²) in [6, 6.07) is 3.78. The van der Waals surface area contributed by atoms with Crippen molar-refractivity contribution in [2.75, 3.05) is 5.73 Å². The van der Waals surface area contributed by atoms with Crippen LogP contribution in [0.2, 0.25) is 5.02 Å². The molecule has 1 aromatic carbocycles. The Bertz CT molecular complexity index is 516. The highest BCUT2D eigenvalue weighted by Gasteiger charge is 2.17. The van der Waals surface area contributed by atoms with Crippen molar-refractivity contribution < 1.29 is 0 Å². The summed E-state index contributed by atoms with van der Waals surface area (Å²) in [6.07, 6.45) is 2.28. The van der Waals surface area contributed by atoms with Crippen molar-refractivity contribution in [2.45, 2.75) is 19.4 Å². The topological polar surface area (TPSA) is 43.8 Å². The molecule has 3 rings (SSSR count). The number of hydrogen-bond acceptors (Lipinski definition) is 2. The van der Waals surface area contributed by atoms with E-state index in [1.54, 1.807) is 0 Å². The molecule has 0 radical (unpaired) electrons. The van der Waals surface area contributed by atoms with Crippen molar-refractivity contribution in [3.8, 4) is 0 Å². The lowest BCUT2D eigenvalue weighted by molar-refractivity contribution is 0.664. The first-order chi connectivity index (χ1) is 6.75. The van der Waals surface area contributed by atoms with Crippen LogP contribution in [0.15, 0.2) is 12.1 Å². The largest absolute Gasteiger partial charge is 0.398 e. The van der Waals surface area contributed by atoms with E-state index in [9.17, 15) is 0 Å². The maximum atomic E-state index is 5.94. The molecule has 14 heavy (non-hydrogen) atoms. The number of anilines is 1. The van der Waals surface area contributed by atoms with Gasteiger partial charge in [0, 0.05) is 17.6 Å². The van der Waals surface area contributed by atoms with E-state index in [1.165, 1.54) is 12.1 Å². The van der Waals surface area contributed by atoms with Gasteiger partial charge in [-0.25, -0.2) is 0 Å². The van der Waals surface area contributed by atoms with Crippen LogP contribution in [0.5, 0.6) is 0 Å². The van der Waals surface area contributed by atoms with Gasteiger partial charge in [0.05, 0.1) is 16.2 Å². The molecular weight excluding hydrogens is 198 g/mol. The lowest BCUT2D eigenvalue weighted by Gasteiger charge is -1.97. The van der Waals surface area contributed by atoms with Crippen molar-refractivity contribution in [2.24, 2.45) is 0 Å². The van der Waals surface area contributed by atoms with Gasteiger partial charge in [0.25, 0.3) is 0 Å². The van der Waals surface area contributed by atoms with Crippen LogP contribution in [0, 0.1) is 0 Å². The van der Waals surface area contributed by atoms with E-state index in [0.717, 1.165) is 23.9 Å². The fourth-order valence-corrected chi connectivity index (χ4v) is 2.23. The Morgan fingerprint density at radius 1 is 1.43 bits per heavy atom. The van der Waals surface area contributed by atoms with Gasteiger partial charge < -0.3 is 5.73 Å². The summed E-state index contributed by atoms with van der Waals surface area (Å²) in [4.78, 5) is 0. The molecule has 1 aliphatic heterocycles. The highest BCUT2D eigenvalue weighted by molar-refractivity contribution is 6.33. The van der Waals surface area contributed by atoms with E-state index in [1.807, 2.05) is 12.1 Å². The van der Waals surface area contributed by atoms with Crippen LogP contribution in [-0.2, 0) is 13.0 Å². The van der Waals surface area contributed by atoms with Crippen molar-refractivity contribution in [3.05, 3.63) is 22.8 Å². The van der Waals surface area contributed by atoms with Crippen LogP contribution in [0.25, 0.3) is 10.9 Å². The Morgan fingerprint density at radius 2 is 2.29 bits per heavy atom.